The van der Waals surface area contributed by atoms with Gasteiger partial charge in [0.05, 0.1) is 0 Å². The van der Waals surface area contributed by atoms with Crippen molar-refractivity contribution >= 4 is 11.9 Å². The van der Waals surface area contributed by atoms with Crippen LogP contribution in [0.3, 0.4) is 0 Å². The van der Waals surface area contributed by atoms with Crippen molar-refractivity contribution in [1.29, 1.82) is 0 Å². The molecule has 6 nitrogen and oxygen atoms in total. The third-order valence-corrected chi connectivity index (χ3v) is 5.30. The van der Waals surface area contributed by atoms with E-state index in [1.54, 1.807) is 0 Å². The van der Waals surface area contributed by atoms with Crippen molar-refractivity contribution in [2.75, 3.05) is 26.4 Å². The van der Waals surface area contributed by atoms with Crippen LogP contribution in [0, 0.1) is 13.8 Å². The number of esters is 2. The van der Waals surface area contributed by atoms with Gasteiger partial charge in [0.1, 0.15) is 37.9 Å². The fraction of sp³-hybridized carbons (Fsp3) is 0.333. The fourth-order valence-electron chi connectivity index (χ4n) is 3.27. The minimum Gasteiger partial charge on any atom is -0.490 e. The van der Waals surface area contributed by atoms with Crippen LogP contribution in [0.1, 0.15) is 36.1 Å². The molecule has 0 bridgehead atoms. The van der Waals surface area contributed by atoms with E-state index in [1.165, 1.54) is 0 Å². The van der Waals surface area contributed by atoms with Crippen LogP contribution >= 0.6 is 0 Å². The highest BCUT2D eigenvalue weighted by molar-refractivity contribution is 5.81. The standard InChI is InChI=1S/C27H32O6/c1-7-25(28)32-15-13-30-23-11-9-21(17-19(23)3)27(5,6)22-10-12-24(20(4)18-22)31-14-16-33-26(29)8-2/h7-12,17-18H,1-2,13-16H2,3-6H3. The lowest BCUT2D eigenvalue weighted by molar-refractivity contribution is -0.139. The van der Waals surface area contributed by atoms with Gasteiger partial charge in [-0.15, -0.1) is 0 Å². The second-order valence-corrected chi connectivity index (χ2v) is 8.03. The van der Waals surface area contributed by atoms with Crippen LogP contribution in [0.25, 0.3) is 0 Å². The number of benzene rings is 2. The summed E-state index contributed by atoms with van der Waals surface area (Å²) in [5, 5.41) is 0. The first-order chi connectivity index (χ1) is 15.7. The van der Waals surface area contributed by atoms with Crippen LogP contribution in [0.2, 0.25) is 0 Å². The van der Waals surface area contributed by atoms with Gasteiger partial charge in [0.2, 0.25) is 0 Å². The van der Waals surface area contributed by atoms with Gasteiger partial charge in [-0.3, -0.25) is 0 Å². The molecule has 33 heavy (non-hydrogen) atoms. The highest BCUT2D eigenvalue weighted by atomic mass is 16.6. The van der Waals surface area contributed by atoms with Crippen molar-refractivity contribution in [2.24, 2.45) is 0 Å². The third-order valence-electron chi connectivity index (χ3n) is 5.30. The van der Waals surface area contributed by atoms with Crippen molar-refractivity contribution in [2.45, 2.75) is 33.1 Å². The minimum absolute atomic E-state index is 0.169. The Bertz CT molecular complexity index is 926. The molecular formula is C27H32O6. The Balaban J connectivity index is 2.04. The molecule has 0 aliphatic heterocycles. The quantitative estimate of drug-likeness (QED) is 0.261. The normalized spacial score (nSPS) is 10.8. The van der Waals surface area contributed by atoms with Gasteiger partial charge in [-0.2, -0.15) is 0 Å². The molecule has 0 amide bonds. The first-order valence-electron chi connectivity index (χ1n) is 10.7. The SMILES string of the molecule is C=CC(=O)OCCOc1ccc(C(C)(C)c2ccc(OCCOC(=O)C=C)c(C)c2)cc1C. The van der Waals surface area contributed by atoms with Gasteiger partial charge >= 0.3 is 11.9 Å². The molecule has 2 rings (SSSR count). The van der Waals surface area contributed by atoms with Crippen LogP contribution in [0.5, 0.6) is 11.5 Å². The maximum atomic E-state index is 11.1. The maximum absolute atomic E-state index is 11.1. The van der Waals surface area contributed by atoms with E-state index in [9.17, 15) is 9.59 Å². The summed E-state index contributed by atoms with van der Waals surface area (Å²) in [6.45, 7) is 15.9. The number of rotatable bonds is 12. The maximum Gasteiger partial charge on any atom is 0.330 e. The van der Waals surface area contributed by atoms with Crippen LogP contribution in [-0.4, -0.2) is 38.4 Å². The fourth-order valence-corrected chi connectivity index (χ4v) is 3.27. The first kappa shape index (κ1) is 25.7. The van der Waals surface area contributed by atoms with E-state index in [-0.39, 0.29) is 31.8 Å². The molecule has 0 spiro atoms. The highest BCUT2D eigenvalue weighted by Gasteiger charge is 2.24. The first-order valence-corrected chi connectivity index (χ1v) is 10.7. The summed E-state index contributed by atoms with van der Waals surface area (Å²) in [5.74, 6) is 0.577. The molecule has 6 heteroatoms. The zero-order valence-electron chi connectivity index (χ0n) is 19.8. The number of carbonyl (C=O) groups is 2. The topological polar surface area (TPSA) is 71.1 Å². The minimum atomic E-state index is -0.463. The number of hydrogen-bond acceptors (Lipinski definition) is 6. The third kappa shape index (κ3) is 7.24. The van der Waals surface area contributed by atoms with Gasteiger partial charge in [-0.1, -0.05) is 51.3 Å². The number of aryl methyl sites for hydroxylation is 2. The average Bonchev–Trinajstić information content (AvgIpc) is 2.80. The van der Waals surface area contributed by atoms with Gasteiger partial charge < -0.3 is 18.9 Å². The summed E-state index contributed by atoms with van der Waals surface area (Å²) in [6.07, 6.45) is 2.26. The lowest BCUT2D eigenvalue weighted by Gasteiger charge is -2.28. The molecule has 0 heterocycles. The Kier molecular flexibility index (Phi) is 9.28. The molecule has 0 unspecified atom stereocenters. The second kappa shape index (κ2) is 11.9. The van der Waals surface area contributed by atoms with Gasteiger partial charge in [-0.05, 0) is 48.2 Å². The van der Waals surface area contributed by atoms with E-state index in [4.69, 9.17) is 18.9 Å². The molecule has 0 atom stereocenters. The monoisotopic (exact) mass is 452 g/mol. The number of carbonyl (C=O) groups excluding carboxylic acids is 2. The van der Waals surface area contributed by atoms with Gasteiger partial charge in [0.15, 0.2) is 0 Å². The summed E-state index contributed by atoms with van der Waals surface area (Å²) in [4.78, 5) is 22.2. The molecule has 0 fully saturated rings. The van der Waals surface area contributed by atoms with Crippen molar-refractivity contribution in [3.63, 3.8) is 0 Å². The second-order valence-electron chi connectivity index (χ2n) is 8.03. The van der Waals surface area contributed by atoms with E-state index >= 15 is 0 Å². The summed E-state index contributed by atoms with van der Waals surface area (Å²) in [6, 6.07) is 12.2. The van der Waals surface area contributed by atoms with Gasteiger partial charge in [0.25, 0.3) is 0 Å². The predicted octanol–water partition coefficient (Wildman–Crippen LogP) is 4.85. The van der Waals surface area contributed by atoms with Crippen molar-refractivity contribution < 1.29 is 28.5 Å². The predicted molar refractivity (Wildman–Crippen MR) is 128 cm³/mol. The van der Waals surface area contributed by atoms with Crippen LogP contribution in [0.4, 0.5) is 0 Å². The molecule has 0 radical (unpaired) electrons. The average molecular weight is 453 g/mol. The highest BCUT2D eigenvalue weighted by Crippen LogP contribution is 2.35. The molecule has 0 aliphatic rings. The summed E-state index contributed by atoms with van der Waals surface area (Å²) in [5.41, 5.74) is 4.05. The Labute approximate surface area is 195 Å². The lowest BCUT2D eigenvalue weighted by atomic mass is 9.77. The van der Waals surface area contributed by atoms with Gasteiger partial charge in [-0.25, -0.2) is 9.59 Å². The molecule has 0 saturated carbocycles. The zero-order chi connectivity index (χ0) is 24.4. The Morgan fingerprint density at radius 1 is 0.758 bits per heavy atom. The molecular weight excluding hydrogens is 420 g/mol. The van der Waals surface area contributed by atoms with E-state index < -0.39 is 11.9 Å². The Morgan fingerprint density at radius 2 is 1.15 bits per heavy atom. The Hall–Kier alpha value is -3.54. The van der Waals surface area contributed by atoms with Crippen LogP contribution in [-0.2, 0) is 24.5 Å². The largest absolute Gasteiger partial charge is 0.490 e. The molecule has 0 aromatic heterocycles. The molecule has 0 aliphatic carbocycles. The van der Waals surface area contributed by atoms with E-state index in [0.717, 1.165) is 45.9 Å². The number of hydrogen-bond donors (Lipinski definition) is 0. The molecule has 0 N–H and O–H groups in total. The number of ether oxygens (including phenoxy) is 4. The molecule has 176 valence electrons. The van der Waals surface area contributed by atoms with Crippen LogP contribution < -0.4 is 9.47 Å². The van der Waals surface area contributed by atoms with Crippen molar-refractivity contribution in [3.8, 4) is 11.5 Å². The summed E-state index contributed by atoms with van der Waals surface area (Å²) < 4.78 is 21.4. The molecule has 2 aromatic carbocycles. The molecule has 2 aromatic rings. The lowest BCUT2D eigenvalue weighted by Crippen LogP contribution is -2.19. The van der Waals surface area contributed by atoms with Crippen molar-refractivity contribution in [3.05, 3.63) is 84.0 Å². The van der Waals surface area contributed by atoms with E-state index in [2.05, 4.69) is 39.1 Å². The van der Waals surface area contributed by atoms with Gasteiger partial charge in [0, 0.05) is 17.6 Å². The van der Waals surface area contributed by atoms with Crippen LogP contribution in [0.15, 0.2) is 61.7 Å². The van der Waals surface area contributed by atoms with E-state index in [0.29, 0.717) is 0 Å². The summed E-state index contributed by atoms with van der Waals surface area (Å²) in [7, 11) is 0. The Morgan fingerprint density at radius 3 is 1.48 bits per heavy atom. The van der Waals surface area contributed by atoms with Crippen molar-refractivity contribution in [1.82, 2.24) is 0 Å². The summed E-state index contributed by atoms with van der Waals surface area (Å²) >= 11 is 0. The molecule has 0 saturated heterocycles. The zero-order valence-corrected chi connectivity index (χ0v) is 19.8. The smallest absolute Gasteiger partial charge is 0.330 e. The van der Waals surface area contributed by atoms with E-state index in [1.807, 2.05) is 38.1 Å².